The van der Waals surface area contributed by atoms with Crippen molar-refractivity contribution in [2.45, 2.75) is 31.4 Å². The maximum absolute atomic E-state index is 11.8. The summed E-state index contributed by atoms with van der Waals surface area (Å²) in [7, 11) is -3.54. The van der Waals surface area contributed by atoms with Gasteiger partial charge < -0.3 is 5.11 Å². The average Bonchev–Trinajstić information content (AvgIpc) is 2.27. The molecule has 1 heterocycles. The molecular formula is C10H16N2O4S. The third-order valence-corrected chi connectivity index (χ3v) is 5.11. The van der Waals surface area contributed by atoms with Gasteiger partial charge in [0.25, 0.3) is 0 Å². The van der Waals surface area contributed by atoms with Crippen molar-refractivity contribution >= 4 is 16.0 Å². The number of carbonyl (C=O) groups is 1. The van der Waals surface area contributed by atoms with Crippen LogP contribution in [0.5, 0.6) is 0 Å². The van der Waals surface area contributed by atoms with E-state index in [0.717, 1.165) is 0 Å². The minimum atomic E-state index is -3.54. The van der Waals surface area contributed by atoms with Gasteiger partial charge in [-0.05, 0) is 25.7 Å². The van der Waals surface area contributed by atoms with Crippen LogP contribution in [-0.4, -0.2) is 42.1 Å². The monoisotopic (exact) mass is 260 g/mol. The molecule has 0 aromatic rings. The fourth-order valence-corrected chi connectivity index (χ4v) is 3.21. The second-order valence-electron chi connectivity index (χ2n) is 4.26. The number of sulfonamides is 1. The minimum absolute atomic E-state index is 0.0383. The van der Waals surface area contributed by atoms with E-state index in [-0.39, 0.29) is 12.3 Å². The van der Waals surface area contributed by atoms with E-state index in [4.69, 9.17) is 10.4 Å². The molecule has 0 spiro atoms. The van der Waals surface area contributed by atoms with E-state index < -0.39 is 21.2 Å². The molecule has 0 amide bonds. The zero-order valence-corrected chi connectivity index (χ0v) is 10.5. The number of carboxylic acid groups (broad SMARTS) is 1. The van der Waals surface area contributed by atoms with Crippen molar-refractivity contribution in [1.29, 1.82) is 5.26 Å². The van der Waals surface area contributed by atoms with Crippen LogP contribution < -0.4 is 0 Å². The predicted molar refractivity (Wildman–Crippen MR) is 60.5 cm³/mol. The van der Waals surface area contributed by atoms with Crippen molar-refractivity contribution in [2.24, 2.45) is 5.92 Å². The van der Waals surface area contributed by atoms with Crippen molar-refractivity contribution in [3.05, 3.63) is 0 Å². The molecule has 96 valence electrons. The molecule has 7 heteroatoms. The number of aliphatic carboxylic acids is 1. The van der Waals surface area contributed by atoms with Crippen LogP contribution in [0.1, 0.15) is 26.2 Å². The topological polar surface area (TPSA) is 98.5 Å². The summed E-state index contributed by atoms with van der Waals surface area (Å²) in [5.41, 5.74) is 0. The first-order valence-electron chi connectivity index (χ1n) is 5.48. The van der Waals surface area contributed by atoms with Crippen LogP contribution in [0.15, 0.2) is 0 Å². The zero-order valence-electron chi connectivity index (χ0n) is 9.66. The van der Waals surface area contributed by atoms with Crippen LogP contribution in [0.2, 0.25) is 0 Å². The summed E-state index contributed by atoms with van der Waals surface area (Å²) < 4.78 is 25.0. The van der Waals surface area contributed by atoms with Crippen molar-refractivity contribution < 1.29 is 18.3 Å². The summed E-state index contributed by atoms with van der Waals surface area (Å²) in [4.78, 5) is 10.5. The van der Waals surface area contributed by atoms with Crippen LogP contribution in [0.25, 0.3) is 0 Å². The van der Waals surface area contributed by atoms with Gasteiger partial charge in [-0.25, -0.2) is 12.7 Å². The van der Waals surface area contributed by atoms with E-state index in [9.17, 15) is 13.2 Å². The molecule has 0 bridgehead atoms. The van der Waals surface area contributed by atoms with E-state index >= 15 is 0 Å². The molecule has 0 aromatic heterocycles. The molecule has 1 fully saturated rings. The Morgan fingerprint density at radius 1 is 1.53 bits per heavy atom. The standard InChI is InChI=1S/C10H16N2O4S/c1-8(7-11)17(15,16)12-4-2-9(3-5-12)6-10(13)14/h8-9H,2-6H2,1H3,(H,13,14). The Labute approximate surface area is 101 Å². The molecule has 0 radical (unpaired) electrons. The van der Waals surface area contributed by atoms with Gasteiger partial charge in [0.2, 0.25) is 10.0 Å². The Balaban J connectivity index is 2.58. The summed E-state index contributed by atoms with van der Waals surface area (Å²) in [6, 6.07) is 1.72. The predicted octanol–water partition coefficient (Wildman–Crippen LogP) is 0.415. The number of rotatable bonds is 4. The van der Waals surface area contributed by atoms with Crippen molar-refractivity contribution in [2.75, 3.05) is 13.1 Å². The second-order valence-corrected chi connectivity index (χ2v) is 6.51. The highest BCUT2D eigenvalue weighted by Gasteiger charge is 2.32. The molecule has 0 saturated carbocycles. The first kappa shape index (κ1) is 13.9. The van der Waals surface area contributed by atoms with Gasteiger partial charge in [0.15, 0.2) is 5.25 Å². The number of hydrogen-bond acceptors (Lipinski definition) is 4. The molecule has 1 aliphatic heterocycles. The summed E-state index contributed by atoms with van der Waals surface area (Å²) in [5, 5.41) is 16.2. The summed E-state index contributed by atoms with van der Waals surface area (Å²) >= 11 is 0. The highest BCUT2D eigenvalue weighted by molar-refractivity contribution is 7.89. The molecule has 6 nitrogen and oxygen atoms in total. The van der Waals surface area contributed by atoms with Gasteiger partial charge in [-0.15, -0.1) is 0 Å². The molecule has 1 atom stereocenters. The SMILES string of the molecule is CC(C#N)S(=O)(=O)N1CCC(CC(=O)O)CC1. The Kier molecular flexibility index (Phi) is 4.48. The van der Waals surface area contributed by atoms with Crippen LogP contribution in [0, 0.1) is 17.2 Å². The van der Waals surface area contributed by atoms with E-state index in [1.54, 1.807) is 6.07 Å². The summed E-state index contributed by atoms with van der Waals surface area (Å²) in [6.45, 7) is 1.98. The lowest BCUT2D eigenvalue weighted by molar-refractivity contribution is -0.138. The molecule has 1 unspecified atom stereocenters. The minimum Gasteiger partial charge on any atom is -0.481 e. The van der Waals surface area contributed by atoms with E-state index in [2.05, 4.69) is 0 Å². The molecule has 0 aliphatic carbocycles. The fraction of sp³-hybridized carbons (Fsp3) is 0.800. The van der Waals surface area contributed by atoms with E-state index in [0.29, 0.717) is 25.9 Å². The molecule has 1 rings (SSSR count). The molecular weight excluding hydrogens is 244 g/mol. The lowest BCUT2D eigenvalue weighted by Crippen LogP contribution is -2.42. The van der Waals surface area contributed by atoms with Crippen LogP contribution in [0.3, 0.4) is 0 Å². The van der Waals surface area contributed by atoms with Gasteiger partial charge in [-0.3, -0.25) is 4.79 Å². The van der Waals surface area contributed by atoms with Gasteiger partial charge in [0, 0.05) is 19.5 Å². The largest absolute Gasteiger partial charge is 0.481 e. The van der Waals surface area contributed by atoms with Crippen LogP contribution >= 0.6 is 0 Å². The third-order valence-electron chi connectivity index (χ3n) is 3.03. The second kappa shape index (κ2) is 5.47. The lowest BCUT2D eigenvalue weighted by Gasteiger charge is -2.31. The van der Waals surface area contributed by atoms with E-state index in [1.807, 2.05) is 0 Å². The Hall–Kier alpha value is -1.13. The lowest BCUT2D eigenvalue weighted by atomic mass is 9.95. The highest BCUT2D eigenvalue weighted by atomic mass is 32.2. The molecule has 1 aliphatic rings. The van der Waals surface area contributed by atoms with Gasteiger partial charge in [0.1, 0.15) is 0 Å². The summed E-state index contributed by atoms with van der Waals surface area (Å²) in [5.74, 6) is -0.812. The van der Waals surface area contributed by atoms with Crippen LogP contribution in [-0.2, 0) is 14.8 Å². The van der Waals surface area contributed by atoms with Crippen molar-refractivity contribution in [3.63, 3.8) is 0 Å². The zero-order chi connectivity index (χ0) is 13.1. The molecule has 1 N–H and O–H groups in total. The summed E-state index contributed by atoms with van der Waals surface area (Å²) in [6.07, 6.45) is 1.18. The van der Waals surface area contributed by atoms with Crippen molar-refractivity contribution in [3.8, 4) is 6.07 Å². The Morgan fingerprint density at radius 3 is 2.47 bits per heavy atom. The van der Waals surface area contributed by atoms with E-state index in [1.165, 1.54) is 11.2 Å². The van der Waals surface area contributed by atoms with Gasteiger partial charge in [0.05, 0.1) is 6.07 Å². The number of carboxylic acids is 1. The van der Waals surface area contributed by atoms with Gasteiger partial charge in [-0.1, -0.05) is 0 Å². The smallest absolute Gasteiger partial charge is 0.303 e. The first-order valence-corrected chi connectivity index (χ1v) is 6.98. The molecule has 1 saturated heterocycles. The maximum Gasteiger partial charge on any atom is 0.303 e. The van der Waals surface area contributed by atoms with Gasteiger partial charge in [-0.2, -0.15) is 5.26 Å². The average molecular weight is 260 g/mol. The number of hydrogen-bond donors (Lipinski definition) is 1. The highest BCUT2D eigenvalue weighted by Crippen LogP contribution is 2.23. The molecule has 17 heavy (non-hydrogen) atoms. The number of nitrogens with zero attached hydrogens (tertiary/aromatic N) is 2. The fourth-order valence-electron chi connectivity index (χ4n) is 1.91. The number of piperidine rings is 1. The number of nitriles is 1. The normalized spacial score (nSPS) is 20.7. The third kappa shape index (κ3) is 3.41. The Morgan fingerprint density at radius 2 is 2.06 bits per heavy atom. The van der Waals surface area contributed by atoms with Gasteiger partial charge >= 0.3 is 5.97 Å². The first-order chi connectivity index (χ1) is 7.87. The Bertz CT molecular complexity index is 418. The molecule has 0 aromatic carbocycles. The quantitative estimate of drug-likeness (QED) is 0.789. The maximum atomic E-state index is 11.8. The van der Waals surface area contributed by atoms with Crippen LogP contribution in [0.4, 0.5) is 0 Å². The van der Waals surface area contributed by atoms with Crippen molar-refractivity contribution in [1.82, 2.24) is 4.31 Å².